The van der Waals surface area contributed by atoms with E-state index in [1.54, 1.807) is 10.9 Å². The third-order valence-electron chi connectivity index (χ3n) is 1.37. The van der Waals surface area contributed by atoms with Crippen LogP contribution in [0.2, 0.25) is 0 Å². The first-order valence-electron chi connectivity index (χ1n) is 3.90. The minimum atomic E-state index is -0.604. The van der Waals surface area contributed by atoms with E-state index >= 15 is 0 Å². The Labute approximate surface area is 84.5 Å². The van der Waals surface area contributed by atoms with Crippen LogP contribution in [0.4, 0.5) is 4.79 Å². The molecule has 0 radical (unpaired) electrons. The number of nitrogens with zero attached hydrogens (tertiary/aromatic N) is 1. The highest BCUT2D eigenvalue weighted by Crippen LogP contribution is 1.99. The van der Waals surface area contributed by atoms with E-state index in [-0.39, 0.29) is 5.91 Å². The average Bonchev–Trinajstić information content (AvgIpc) is 2.64. The lowest BCUT2D eigenvalue weighted by Crippen LogP contribution is -2.37. The molecule has 4 N–H and O–H groups in total. The van der Waals surface area contributed by atoms with E-state index in [0.717, 1.165) is 0 Å². The molecule has 1 heterocycles. The van der Waals surface area contributed by atoms with Gasteiger partial charge in [-0.1, -0.05) is 0 Å². The first kappa shape index (κ1) is 10.5. The number of primary amides is 1. The first-order chi connectivity index (χ1) is 6.70. The topological polar surface area (TPSA) is 97.1 Å². The standard InChI is InChI=1S/C7H10N4O2S/c8-7(13)10-2-1-9-6(12)5-3-14-4-11-5/h3-4H,1-2H2,(H,9,12)(H3,8,10,13). The molecule has 0 saturated heterocycles. The van der Waals surface area contributed by atoms with E-state index < -0.39 is 6.03 Å². The average molecular weight is 214 g/mol. The Morgan fingerprint density at radius 3 is 2.71 bits per heavy atom. The zero-order valence-electron chi connectivity index (χ0n) is 7.32. The number of nitrogens with two attached hydrogens (primary N) is 1. The van der Waals surface area contributed by atoms with Gasteiger partial charge in [-0.05, 0) is 0 Å². The van der Waals surface area contributed by atoms with Crippen molar-refractivity contribution in [2.24, 2.45) is 5.73 Å². The summed E-state index contributed by atoms with van der Waals surface area (Å²) in [4.78, 5) is 25.3. The predicted molar refractivity (Wildman–Crippen MR) is 52.0 cm³/mol. The van der Waals surface area contributed by atoms with Crippen LogP contribution in [0.1, 0.15) is 10.5 Å². The second-order valence-electron chi connectivity index (χ2n) is 2.42. The molecule has 1 aromatic heterocycles. The monoisotopic (exact) mass is 214 g/mol. The fourth-order valence-electron chi connectivity index (χ4n) is 0.777. The molecule has 76 valence electrons. The molecule has 0 aliphatic heterocycles. The van der Waals surface area contributed by atoms with Crippen molar-refractivity contribution < 1.29 is 9.59 Å². The quantitative estimate of drug-likeness (QED) is 0.592. The number of amides is 3. The van der Waals surface area contributed by atoms with Gasteiger partial charge in [0, 0.05) is 18.5 Å². The summed E-state index contributed by atoms with van der Waals surface area (Å²) in [6, 6.07) is -0.604. The number of carbonyl (C=O) groups is 2. The molecule has 0 spiro atoms. The Bertz CT molecular complexity index is 311. The highest BCUT2D eigenvalue weighted by atomic mass is 32.1. The molecule has 0 atom stereocenters. The Balaban J connectivity index is 2.19. The number of nitrogens with one attached hydrogen (secondary N) is 2. The zero-order valence-corrected chi connectivity index (χ0v) is 8.13. The van der Waals surface area contributed by atoms with E-state index in [1.165, 1.54) is 11.3 Å². The van der Waals surface area contributed by atoms with Crippen molar-refractivity contribution in [1.82, 2.24) is 15.6 Å². The fourth-order valence-corrected chi connectivity index (χ4v) is 1.31. The fraction of sp³-hybridized carbons (Fsp3) is 0.286. The van der Waals surface area contributed by atoms with Crippen LogP contribution in [0.3, 0.4) is 0 Å². The van der Waals surface area contributed by atoms with Gasteiger partial charge in [-0.2, -0.15) is 0 Å². The minimum absolute atomic E-state index is 0.252. The Morgan fingerprint density at radius 2 is 2.14 bits per heavy atom. The van der Waals surface area contributed by atoms with E-state index in [9.17, 15) is 9.59 Å². The van der Waals surface area contributed by atoms with Gasteiger partial charge in [0.2, 0.25) is 0 Å². The van der Waals surface area contributed by atoms with Crippen molar-refractivity contribution in [3.63, 3.8) is 0 Å². The highest BCUT2D eigenvalue weighted by molar-refractivity contribution is 7.07. The molecule has 7 heteroatoms. The zero-order chi connectivity index (χ0) is 10.4. The van der Waals surface area contributed by atoms with Crippen LogP contribution in [0.15, 0.2) is 10.9 Å². The summed E-state index contributed by atoms with van der Waals surface area (Å²) >= 11 is 1.35. The number of carbonyl (C=O) groups excluding carboxylic acids is 2. The Morgan fingerprint density at radius 1 is 1.43 bits per heavy atom. The lowest BCUT2D eigenvalue weighted by Gasteiger charge is -2.02. The van der Waals surface area contributed by atoms with Crippen molar-refractivity contribution in [1.29, 1.82) is 0 Å². The molecule has 1 aromatic rings. The molecule has 0 fully saturated rings. The van der Waals surface area contributed by atoms with Crippen molar-refractivity contribution >= 4 is 23.3 Å². The molecule has 0 aliphatic rings. The first-order valence-corrected chi connectivity index (χ1v) is 4.84. The number of rotatable bonds is 4. The second-order valence-corrected chi connectivity index (χ2v) is 3.14. The molecule has 0 unspecified atom stereocenters. The molecule has 1 rings (SSSR count). The van der Waals surface area contributed by atoms with Gasteiger partial charge in [0.05, 0.1) is 5.51 Å². The van der Waals surface area contributed by atoms with Crippen molar-refractivity contribution in [2.75, 3.05) is 13.1 Å². The van der Waals surface area contributed by atoms with E-state index in [4.69, 9.17) is 5.73 Å². The number of aromatic nitrogens is 1. The van der Waals surface area contributed by atoms with Crippen LogP contribution in [0.5, 0.6) is 0 Å². The van der Waals surface area contributed by atoms with Gasteiger partial charge in [-0.15, -0.1) is 11.3 Å². The Kier molecular flexibility index (Phi) is 3.86. The molecule has 0 saturated carbocycles. The van der Waals surface area contributed by atoms with Gasteiger partial charge >= 0.3 is 6.03 Å². The van der Waals surface area contributed by atoms with Gasteiger partial charge in [-0.25, -0.2) is 9.78 Å². The van der Waals surface area contributed by atoms with Crippen molar-refractivity contribution in [3.05, 3.63) is 16.6 Å². The van der Waals surface area contributed by atoms with E-state index in [0.29, 0.717) is 18.8 Å². The van der Waals surface area contributed by atoms with Gasteiger partial charge in [-0.3, -0.25) is 4.79 Å². The van der Waals surface area contributed by atoms with Crippen LogP contribution >= 0.6 is 11.3 Å². The van der Waals surface area contributed by atoms with Gasteiger partial charge < -0.3 is 16.4 Å². The van der Waals surface area contributed by atoms with Crippen LogP contribution < -0.4 is 16.4 Å². The summed E-state index contributed by atoms with van der Waals surface area (Å²) in [6.45, 7) is 0.643. The molecular weight excluding hydrogens is 204 g/mol. The van der Waals surface area contributed by atoms with Crippen LogP contribution in [0.25, 0.3) is 0 Å². The SMILES string of the molecule is NC(=O)NCCNC(=O)c1cscn1. The summed E-state index contributed by atoms with van der Waals surface area (Å²) in [5, 5.41) is 6.58. The van der Waals surface area contributed by atoms with Gasteiger partial charge in [0.25, 0.3) is 5.91 Å². The summed E-state index contributed by atoms with van der Waals surface area (Å²) in [5.41, 5.74) is 6.79. The normalized spacial score (nSPS) is 9.43. The number of thiazole rings is 1. The summed E-state index contributed by atoms with van der Waals surface area (Å²) in [5.74, 6) is -0.252. The van der Waals surface area contributed by atoms with E-state index in [2.05, 4.69) is 15.6 Å². The van der Waals surface area contributed by atoms with Gasteiger partial charge in [0.15, 0.2) is 0 Å². The third kappa shape index (κ3) is 3.40. The second kappa shape index (κ2) is 5.18. The molecule has 0 aliphatic carbocycles. The lowest BCUT2D eigenvalue weighted by atomic mass is 10.4. The number of hydrogen-bond acceptors (Lipinski definition) is 4. The third-order valence-corrected chi connectivity index (χ3v) is 1.96. The lowest BCUT2D eigenvalue weighted by molar-refractivity contribution is 0.0949. The maximum absolute atomic E-state index is 11.2. The molecule has 0 bridgehead atoms. The molecule has 14 heavy (non-hydrogen) atoms. The molecule has 0 aromatic carbocycles. The molecule has 3 amide bonds. The maximum Gasteiger partial charge on any atom is 0.312 e. The summed E-state index contributed by atoms with van der Waals surface area (Å²) in [7, 11) is 0. The number of hydrogen-bond donors (Lipinski definition) is 3. The van der Waals surface area contributed by atoms with Crippen LogP contribution in [-0.4, -0.2) is 30.0 Å². The van der Waals surface area contributed by atoms with E-state index in [1.807, 2.05) is 0 Å². The minimum Gasteiger partial charge on any atom is -0.352 e. The smallest absolute Gasteiger partial charge is 0.312 e. The van der Waals surface area contributed by atoms with Crippen molar-refractivity contribution in [3.8, 4) is 0 Å². The summed E-state index contributed by atoms with van der Waals surface area (Å²) < 4.78 is 0. The largest absolute Gasteiger partial charge is 0.352 e. The molecular formula is C7H10N4O2S. The summed E-state index contributed by atoms with van der Waals surface area (Å²) in [6.07, 6.45) is 0. The molecule has 6 nitrogen and oxygen atoms in total. The number of urea groups is 1. The van der Waals surface area contributed by atoms with Crippen LogP contribution in [0, 0.1) is 0 Å². The highest BCUT2D eigenvalue weighted by Gasteiger charge is 2.05. The maximum atomic E-state index is 11.2. The predicted octanol–water partition coefficient (Wildman–Crippen LogP) is -0.459. The Hall–Kier alpha value is -1.63. The van der Waals surface area contributed by atoms with Crippen molar-refractivity contribution in [2.45, 2.75) is 0 Å². The van der Waals surface area contributed by atoms with Crippen LogP contribution in [-0.2, 0) is 0 Å². The van der Waals surface area contributed by atoms with Gasteiger partial charge in [0.1, 0.15) is 5.69 Å².